The van der Waals surface area contributed by atoms with Crippen LogP contribution in [0.2, 0.25) is 0 Å². The number of alkyl halides is 3. The van der Waals surface area contributed by atoms with Crippen LogP contribution in [0.1, 0.15) is 12.8 Å². The maximum atomic E-state index is 10.6. The fourth-order valence-corrected chi connectivity index (χ4v) is 0.880. The lowest BCUT2D eigenvalue weighted by Crippen LogP contribution is -2.41. The van der Waals surface area contributed by atoms with Gasteiger partial charge in [0.1, 0.15) is 0 Å². The Hall–Kier alpha value is -1.31. The van der Waals surface area contributed by atoms with Crippen LogP contribution in [0.15, 0.2) is 0 Å². The Bertz CT molecular complexity index is 250. The van der Waals surface area contributed by atoms with Crippen LogP contribution in [-0.2, 0) is 9.59 Å². The van der Waals surface area contributed by atoms with Gasteiger partial charge in [-0.05, 0) is 25.4 Å². The van der Waals surface area contributed by atoms with E-state index >= 15 is 0 Å². The van der Waals surface area contributed by atoms with E-state index in [1.165, 1.54) is 0 Å². The molecule has 1 saturated heterocycles. The fourth-order valence-electron chi connectivity index (χ4n) is 0.880. The Labute approximate surface area is 89.3 Å². The van der Waals surface area contributed by atoms with Gasteiger partial charge in [0.2, 0.25) is 0 Å². The number of hydrogen-bond acceptors (Lipinski definition) is 3. The SMILES string of the molecule is O=C(O)C(F)(F)F.O=C(O)CCC1CNC1. The van der Waals surface area contributed by atoms with Crippen molar-refractivity contribution in [2.75, 3.05) is 13.1 Å². The molecule has 94 valence electrons. The number of rotatable bonds is 3. The summed E-state index contributed by atoms with van der Waals surface area (Å²) < 4.78 is 31.7. The molecule has 0 unspecified atom stereocenters. The average Bonchev–Trinajstić information content (AvgIpc) is 1.99. The largest absolute Gasteiger partial charge is 0.490 e. The number of carbonyl (C=O) groups is 2. The molecule has 0 amide bonds. The van der Waals surface area contributed by atoms with E-state index < -0.39 is 18.1 Å². The fraction of sp³-hybridized carbons (Fsp3) is 0.750. The molecular formula is C8H12F3NO4. The van der Waals surface area contributed by atoms with Crippen molar-refractivity contribution in [2.45, 2.75) is 19.0 Å². The van der Waals surface area contributed by atoms with Gasteiger partial charge in [-0.25, -0.2) is 4.79 Å². The highest BCUT2D eigenvalue weighted by Gasteiger charge is 2.38. The van der Waals surface area contributed by atoms with E-state index in [-0.39, 0.29) is 0 Å². The van der Waals surface area contributed by atoms with E-state index in [1.807, 2.05) is 0 Å². The second kappa shape index (κ2) is 6.31. The van der Waals surface area contributed by atoms with Gasteiger partial charge in [0.25, 0.3) is 0 Å². The lowest BCUT2D eigenvalue weighted by molar-refractivity contribution is -0.192. The van der Waals surface area contributed by atoms with Crippen LogP contribution in [0, 0.1) is 5.92 Å². The van der Waals surface area contributed by atoms with Crippen LogP contribution in [0.4, 0.5) is 13.2 Å². The van der Waals surface area contributed by atoms with Gasteiger partial charge in [0.05, 0.1) is 0 Å². The maximum absolute atomic E-state index is 10.6. The van der Waals surface area contributed by atoms with Gasteiger partial charge in [-0.2, -0.15) is 13.2 Å². The number of carboxylic acids is 2. The normalized spacial score (nSPS) is 15.7. The highest BCUT2D eigenvalue weighted by molar-refractivity contribution is 5.73. The molecule has 0 aromatic heterocycles. The van der Waals surface area contributed by atoms with Gasteiger partial charge >= 0.3 is 18.1 Å². The minimum Gasteiger partial charge on any atom is -0.481 e. The van der Waals surface area contributed by atoms with Crippen LogP contribution in [0.3, 0.4) is 0 Å². The smallest absolute Gasteiger partial charge is 0.481 e. The number of halogens is 3. The van der Waals surface area contributed by atoms with E-state index in [2.05, 4.69) is 5.32 Å². The third kappa shape index (κ3) is 7.04. The third-order valence-corrected chi connectivity index (χ3v) is 1.87. The monoisotopic (exact) mass is 243 g/mol. The van der Waals surface area contributed by atoms with Crippen molar-refractivity contribution in [1.29, 1.82) is 0 Å². The summed E-state index contributed by atoms with van der Waals surface area (Å²) in [6, 6.07) is 0. The van der Waals surface area contributed by atoms with Crippen LogP contribution in [-0.4, -0.2) is 41.4 Å². The number of hydrogen-bond donors (Lipinski definition) is 3. The summed E-state index contributed by atoms with van der Waals surface area (Å²) in [4.78, 5) is 18.9. The molecule has 0 atom stereocenters. The molecule has 0 spiro atoms. The predicted octanol–water partition coefficient (Wildman–Crippen LogP) is 0.704. The van der Waals surface area contributed by atoms with Crippen molar-refractivity contribution < 1.29 is 33.0 Å². The molecule has 0 aromatic carbocycles. The Morgan fingerprint density at radius 3 is 1.88 bits per heavy atom. The van der Waals surface area contributed by atoms with Crippen LogP contribution in [0.25, 0.3) is 0 Å². The first kappa shape index (κ1) is 14.7. The number of nitrogens with one attached hydrogen (secondary N) is 1. The average molecular weight is 243 g/mol. The van der Waals surface area contributed by atoms with E-state index in [1.54, 1.807) is 0 Å². The first-order valence-corrected chi connectivity index (χ1v) is 4.46. The van der Waals surface area contributed by atoms with Crippen molar-refractivity contribution in [3.63, 3.8) is 0 Å². The lowest BCUT2D eigenvalue weighted by Gasteiger charge is -2.26. The van der Waals surface area contributed by atoms with Crippen LogP contribution in [0.5, 0.6) is 0 Å². The van der Waals surface area contributed by atoms with Crippen LogP contribution >= 0.6 is 0 Å². The van der Waals surface area contributed by atoms with Gasteiger partial charge in [-0.15, -0.1) is 0 Å². The molecule has 0 bridgehead atoms. The molecule has 3 N–H and O–H groups in total. The Kier molecular flexibility index (Phi) is 5.79. The van der Waals surface area contributed by atoms with Gasteiger partial charge in [-0.3, -0.25) is 4.79 Å². The van der Waals surface area contributed by atoms with E-state index in [0.717, 1.165) is 19.5 Å². The molecule has 1 aliphatic heterocycles. The molecule has 0 aliphatic carbocycles. The summed E-state index contributed by atoms with van der Waals surface area (Å²) in [5.74, 6) is -2.81. The van der Waals surface area contributed by atoms with E-state index in [4.69, 9.17) is 15.0 Å². The minimum atomic E-state index is -5.08. The summed E-state index contributed by atoms with van der Waals surface area (Å²) in [5, 5.41) is 18.5. The number of carboxylic acid groups (broad SMARTS) is 2. The molecule has 1 aliphatic rings. The summed E-state index contributed by atoms with van der Waals surface area (Å²) in [7, 11) is 0. The highest BCUT2D eigenvalue weighted by Crippen LogP contribution is 2.13. The van der Waals surface area contributed by atoms with Crippen molar-refractivity contribution in [2.24, 2.45) is 5.92 Å². The molecule has 1 heterocycles. The van der Waals surface area contributed by atoms with Crippen molar-refractivity contribution in [3.05, 3.63) is 0 Å². The molecule has 5 nitrogen and oxygen atoms in total. The van der Waals surface area contributed by atoms with E-state index in [0.29, 0.717) is 12.3 Å². The molecular weight excluding hydrogens is 231 g/mol. The molecule has 0 saturated carbocycles. The zero-order valence-electron chi connectivity index (χ0n) is 8.25. The molecule has 16 heavy (non-hydrogen) atoms. The Morgan fingerprint density at radius 1 is 1.25 bits per heavy atom. The van der Waals surface area contributed by atoms with Crippen LogP contribution < -0.4 is 5.32 Å². The summed E-state index contributed by atoms with van der Waals surface area (Å²) in [5.41, 5.74) is 0. The van der Waals surface area contributed by atoms with E-state index in [9.17, 15) is 18.0 Å². The number of aliphatic carboxylic acids is 2. The standard InChI is InChI=1S/C6H11NO2.C2HF3O2/c8-6(9)2-1-5-3-7-4-5;3-2(4,5)1(6)7/h5,7H,1-4H2,(H,8,9);(H,6,7). The lowest BCUT2D eigenvalue weighted by atomic mass is 9.98. The van der Waals surface area contributed by atoms with Crippen molar-refractivity contribution in [3.8, 4) is 0 Å². The summed E-state index contributed by atoms with van der Waals surface area (Å²) in [6.45, 7) is 2.01. The maximum Gasteiger partial charge on any atom is 0.490 e. The third-order valence-electron chi connectivity index (χ3n) is 1.87. The summed E-state index contributed by atoms with van der Waals surface area (Å²) in [6.07, 6.45) is -3.92. The van der Waals surface area contributed by atoms with Gasteiger partial charge in [0.15, 0.2) is 0 Å². The molecule has 0 aromatic rings. The molecule has 1 fully saturated rings. The first-order valence-electron chi connectivity index (χ1n) is 4.46. The first-order chi connectivity index (χ1) is 7.23. The molecule has 8 heteroatoms. The Morgan fingerprint density at radius 2 is 1.69 bits per heavy atom. The van der Waals surface area contributed by atoms with Crippen molar-refractivity contribution >= 4 is 11.9 Å². The highest BCUT2D eigenvalue weighted by atomic mass is 19.4. The topological polar surface area (TPSA) is 86.6 Å². The summed E-state index contributed by atoms with van der Waals surface area (Å²) >= 11 is 0. The van der Waals surface area contributed by atoms with Gasteiger partial charge < -0.3 is 15.5 Å². The zero-order chi connectivity index (χ0) is 12.8. The zero-order valence-corrected chi connectivity index (χ0v) is 8.25. The second-order valence-corrected chi connectivity index (χ2v) is 3.26. The van der Waals surface area contributed by atoms with Gasteiger partial charge in [0, 0.05) is 6.42 Å². The predicted molar refractivity (Wildman–Crippen MR) is 46.9 cm³/mol. The quantitative estimate of drug-likeness (QED) is 0.679. The second-order valence-electron chi connectivity index (χ2n) is 3.26. The van der Waals surface area contributed by atoms with Crippen molar-refractivity contribution in [1.82, 2.24) is 5.32 Å². The Balaban J connectivity index is 0.000000293. The molecule has 0 radical (unpaired) electrons. The minimum absolute atomic E-state index is 0.326. The van der Waals surface area contributed by atoms with Gasteiger partial charge in [-0.1, -0.05) is 0 Å². The molecule has 1 rings (SSSR count).